The van der Waals surface area contributed by atoms with Crippen molar-refractivity contribution in [2.24, 2.45) is 5.73 Å². The second-order valence-electron chi connectivity index (χ2n) is 4.31. The molecule has 2 aromatic rings. The van der Waals surface area contributed by atoms with Crippen LogP contribution in [0, 0.1) is 11.6 Å². The molecule has 3 nitrogen and oxygen atoms in total. The van der Waals surface area contributed by atoms with Crippen LogP contribution in [0.3, 0.4) is 0 Å². The van der Waals surface area contributed by atoms with Gasteiger partial charge in [-0.3, -0.25) is 0 Å². The summed E-state index contributed by atoms with van der Waals surface area (Å²) in [6.45, 7) is -0.0142. The molecule has 0 aliphatic carbocycles. The van der Waals surface area contributed by atoms with Crippen molar-refractivity contribution in [3.8, 4) is 0 Å². The third-order valence-corrected chi connectivity index (χ3v) is 4.54. The second-order valence-corrected chi connectivity index (χ2v) is 6.30. The molecule has 0 amide bonds. The molecule has 20 heavy (non-hydrogen) atoms. The number of rotatable bonds is 4. The Labute approximate surface area is 116 Å². The molecule has 0 saturated heterocycles. The Hall–Kier alpha value is -1.79. The number of hydrogen-bond donors (Lipinski definition) is 1. The van der Waals surface area contributed by atoms with Crippen molar-refractivity contribution in [3.05, 3.63) is 65.2 Å². The van der Waals surface area contributed by atoms with Gasteiger partial charge in [0.15, 0.2) is 9.84 Å². The molecule has 0 bridgehead atoms. The lowest BCUT2D eigenvalue weighted by Gasteiger charge is -2.08. The summed E-state index contributed by atoms with van der Waals surface area (Å²) in [4.78, 5) is -0.171. The molecule has 0 fully saturated rings. The van der Waals surface area contributed by atoms with Crippen LogP contribution in [0.15, 0.2) is 47.4 Å². The highest BCUT2D eigenvalue weighted by atomic mass is 32.2. The van der Waals surface area contributed by atoms with Crippen molar-refractivity contribution < 1.29 is 17.2 Å². The zero-order valence-corrected chi connectivity index (χ0v) is 11.3. The van der Waals surface area contributed by atoms with E-state index in [4.69, 9.17) is 5.73 Å². The monoisotopic (exact) mass is 297 g/mol. The maximum Gasteiger partial charge on any atom is 0.182 e. The molecule has 2 N–H and O–H groups in total. The minimum absolute atomic E-state index is 0.0142. The van der Waals surface area contributed by atoms with E-state index in [1.807, 2.05) is 0 Å². The van der Waals surface area contributed by atoms with Crippen LogP contribution in [0.1, 0.15) is 11.1 Å². The van der Waals surface area contributed by atoms with Gasteiger partial charge in [0.25, 0.3) is 0 Å². The van der Waals surface area contributed by atoms with E-state index in [1.54, 1.807) is 6.07 Å². The second kappa shape index (κ2) is 5.68. The summed E-state index contributed by atoms with van der Waals surface area (Å²) in [7, 11) is -3.80. The third kappa shape index (κ3) is 3.02. The van der Waals surface area contributed by atoms with E-state index in [0.29, 0.717) is 0 Å². The van der Waals surface area contributed by atoms with E-state index in [0.717, 1.165) is 12.1 Å². The van der Waals surface area contributed by atoms with Crippen LogP contribution in [0.4, 0.5) is 8.78 Å². The normalized spacial score (nSPS) is 11.6. The minimum atomic E-state index is -3.80. The standard InChI is InChI=1S/C14H13F2NO2S/c15-12-5-2-6-13(7-12)20(18,19)9-11-4-1-3-10(8-17)14(11)16/h1-7H,8-9,17H2. The van der Waals surface area contributed by atoms with Crippen molar-refractivity contribution in [2.45, 2.75) is 17.2 Å². The highest BCUT2D eigenvalue weighted by Crippen LogP contribution is 2.20. The predicted octanol–water partition coefficient (Wildman–Crippen LogP) is 2.40. The smallest absolute Gasteiger partial charge is 0.182 e. The number of halogens is 2. The first-order valence-corrected chi connectivity index (χ1v) is 7.54. The molecule has 0 spiro atoms. The Morgan fingerprint density at radius 2 is 1.65 bits per heavy atom. The molecule has 0 heterocycles. The quantitative estimate of drug-likeness (QED) is 0.942. The van der Waals surface area contributed by atoms with E-state index in [9.17, 15) is 17.2 Å². The van der Waals surface area contributed by atoms with Gasteiger partial charge in [-0.1, -0.05) is 24.3 Å². The summed E-state index contributed by atoms with van der Waals surface area (Å²) < 4.78 is 51.3. The van der Waals surface area contributed by atoms with Gasteiger partial charge in [-0.15, -0.1) is 0 Å². The first-order chi connectivity index (χ1) is 9.44. The maximum atomic E-state index is 14.0. The summed E-state index contributed by atoms with van der Waals surface area (Å²) in [5.74, 6) is -1.81. The van der Waals surface area contributed by atoms with Gasteiger partial charge >= 0.3 is 0 Å². The van der Waals surface area contributed by atoms with Crippen LogP contribution < -0.4 is 5.73 Å². The predicted molar refractivity (Wildman–Crippen MR) is 71.6 cm³/mol. The Balaban J connectivity index is 2.39. The molecule has 0 atom stereocenters. The van der Waals surface area contributed by atoms with Gasteiger partial charge in [0, 0.05) is 17.7 Å². The molecule has 106 valence electrons. The van der Waals surface area contributed by atoms with Crippen LogP contribution in [-0.2, 0) is 22.1 Å². The lowest BCUT2D eigenvalue weighted by Crippen LogP contribution is -2.09. The van der Waals surface area contributed by atoms with E-state index in [-0.39, 0.29) is 22.6 Å². The minimum Gasteiger partial charge on any atom is -0.326 e. The molecule has 2 aromatic carbocycles. The van der Waals surface area contributed by atoms with Gasteiger partial charge < -0.3 is 5.73 Å². The average molecular weight is 297 g/mol. The Morgan fingerprint density at radius 3 is 2.30 bits per heavy atom. The van der Waals surface area contributed by atoms with Crippen LogP contribution in [0.2, 0.25) is 0 Å². The van der Waals surface area contributed by atoms with Gasteiger partial charge in [0.1, 0.15) is 11.6 Å². The van der Waals surface area contributed by atoms with Gasteiger partial charge in [0.2, 0.25) is 0 Å². The van der Waals surface area contributed by atoms with Gasteiger partial charge in [0.05, 0.1) is 10.6 Å². The molecule has 0 aliphatic rings. The third-order valence-electron chi connectivity index (χ3n) is 2.88. The zero-order valence-electron chi connectivity index (χ0n) is 10.5. The fourth-order valence-corrected chi connectivity index (χ4v) is 3.23. The zero-order chi connectivity index (χ0) is 14.8. The molecule has 2 rings (SSSR count). The van der Waals surface area contributed by atoms with Crippen molar-refractivity contribution in [1.82, 2.24) is 0 Å². The SMILES string of the molecule is NCc1cccc(CS(=O)(=O)c2cccc(F)c2)c1F. The molecular weight excluding hydrogens is 284 g/mol. The van der Waals surface area contributed by atoms with Crippen LogP contribution in [-0.4, -0.2) is 8.42 Å². The summed E-state index contributed by atoms with van der Waals surface area (Å²) in [5, 5.41) is 0. The van der Waals surface area contributed by atoms with Gasteiger partial charge in [-0.25, -0.2) is 17.2 Å². The molecule has 0 aliphatic heterocycles. The van der Waals surface area contributed by atoms with Crippen molar-refractivity contribution in [2.75, 3.05) is 0 Å². The van der Waals surface area contributed by atoms with E-state index >= 15 is 0 Å². The van der Waals surface area contributed by atoms with E-state index < -0.39 is 27.2 Å². The topological polar surface area (TPSA) is 60.2 Å². The molecule has 0 saturated carbocycles. The van der Waals surface area contributed by atoms with Crippen molar-refractivity contribution in [1.29, 1.82) is 0 Å². The fraction of sp³-hybridized carbons (Fsp3) is 0.143. The summed E-state index contributed by atoms with van der Waals surface area (Å²) >= 11 is 0. The van der Waals surface area contributed by atoms with Gasteiger partial charge in [-0.2, -0.15) is 0 Å². The fourth-order valence-electron chi connectivity index (χ4n) is 1.85. The number of benzene rings is 2. The van der Waals surface area contributed by atoms with E-state index in [2.05, 4.69) is 0 Å². The average Bonchev–Trinajstić information content (AvgIpc) is 2.41. The van der Waals surface area contributed by atoms with Gasteiger partial charge in [-0.05, 0) is 18.2 Å². The first-order valence-electron chi connectivity index (χ1n) is 5.88. The molecular formula is C14H13F2NO2S. The summed E-state index contributed by atoms with van der Waals surface area (Å²) in [6.07, 6.45) is 0. The Morgan fingerprint density at radius 1 is 1.00 bits per heavy atom. The number of hydrogen-bond acceptors (Lipinski definition) is 3. The largest absolute Gasteiger partial charge is 0.326 e. The Bertz CT molecular complexity index is 730. The van der Waals surface area contributed by atoms with Crippen molar-refractivity contribution >= 4 is 9.84 Å². The van der Waals surface area contributed by atoms with Crippen LogP contribution in [0.25, 0.3) is 0 Å². The summed E-state index contributed by atoms with van der Waals surface area (Å²) in [6, 6.07) is 9.06. The molecule has 0 unspecified atom stereocenters. The maximum absolute atomic E-state index is 14.0. The Kier molecular flexibility index (Phi) is 4.15. The number of nitrogens with two attached hydrogens (primary N) is 1. The lowest BCUT2D eigenvalue weighted by molar-refractivity contribution is 0.579. The first kappa shape index (κ1) is 14.6. The number of sulfone groups is 1. The highest BCUT2D eigenvalue weighted by molar-refractivity contribution is 7.90. The van der Waals surface area contributed by atoms with Crippen LogP contribution in [0.5, 0.6) is 0 Å². The molecule has 0 radical (unpaired) electrons. The highest BCUT2D eigenvalue weighted by Gasteiger charge is 2.19. The molecule has 6 heteroatoms. The van der Waals surface area contributed by atoms with Crippen molar-refractivity contribution in [3.63, 3.8) is 0 Å². The van der Waals surface area contributed by atoms with E-state index in [1.165, 1.54) is 24.3 Å². The lowest BCUT2D eigenvalue weighted by atomic mass is 10.1. The van der Waals surface area contributed by atoms with Crippen LogP contribution >= 0.6 is 0 Å². The molecule has 0 aromatic heterocycles. The summed E-state index contributed by atoms with van der Waals surface area (Å²) in [5.41, 5.74) is 5.65.